The molecular weight excluding hydrogens is 262 g/mol. The van der Waals surface area contributed by atoms with Gasteiger partial charge in [0.15, 0.2) is 5.82 Å². The molecule has 0 atom stereocenters. The van der Waals surface area contributed by atoms with Crippen LogP contribution in [0.2, 0.25) is 0 Å². The molecule has 0 spiro atoms. The normalized spacial score (nSPS) is 10.6. The SMILES string of the molecule is CCNCc1ccnc(OCc2ccccc2F)c1F. The summed E-state index contributed by atoms with van der Waals surface area (Å²) in [6.45, 7) is 3.03. The predicted molar refractivity (Wildman–Crippen MR) is 72.3 cm³/mol. The number of rotatable bonds is 6. The first-order chi connectivity index (χ1) is 9.72. The first-order valence-corrected chi connectivity index (χ1v) is 6.42. The second-order valence-corrected chi connectivity index (χ2v) is 4.25. The molecule has 0 radical (unpaired) electrons. The van der Waals surface area contributed by atoms with Gasteiger partial charge in [-0.3, -0.25) is 0 Å². The molecule has 0 aliphatic carbocycles. The maximum absolute atomic E-state index is 14.1. The molecule has 0 fully saturated rings. The molecule has 1 heterocycles. The highest BCUT2D eigenvalue weighted by Crippen LogP contribution is 2.19. The lowest BCUT2D eigenvalue weighted by atomic mass is 10.2. The Balaban J connectivity index is 2.08. The molecule has 0 saturated carbocycles. The molecule has 0 aliphatic rings. The third kappa shape index (κ3) is 3.51. The average molecular weight is 278 g/mol. The summed E-state index contributed by atoms with van der Waals surface area (Å²) in [7, 11) is 0. The van der Waals surface area contributed by atoms with Crippen LogP contribution in [0.15, 0.2) is 36.5 Å². The van der Waals surface area contributed by atoms with Crippen molar-refractivity contribution in [1.82, 2.24) is 10.3 Å². The fourth-order valence-corrected chi connectivity index (χ4v) is 1.72. The Kier molecular flexibility index (Phi) is 5.01. The van der Waals surface area contributed by atoms with Crippen LogP contribution in [0.25, 0.3) is 0 Å². The summed E-state index contributed by atoms with van der Waals surface area (Å²) in [4.78, 5) is 3.84. The van der Waals surface area contributed by atoms with E-state index >= 15 is 0 Å². The molecule has 0 aliphatic heterocycles. The van der Waals surface area contributed by atoms with Gasteiger partial charge in [0.2, 0.25) is 0 Å². The van der Waals surface area contributed by atoms with Crippen LogP contribution in [0.1, 0.15) is 18.1 Å². The highest BCUT2D eigenvalue weighted by Gasteiger charge is 2.11. The van der Waals surface area contributed by atoms with Crippen LogP contribution in [0, 0.1) is 11.6 Å². The Bertz CT molecular complexity index is 576. The molecular formula is C15H16F2N2O. The lowest BCUT2D eigenvalue weighted by molar-refractivity contribution is 0.271. The van der Waals surface area contributed by atoms with E-state index in [-0.39, 0.29) is 18.3 Å². The minimum absolute atomic E-state index is 0.0543. The average Bonchev–Trinajstić information content (AvgIpc) is 2.46. The maximum atomic E-state index is 14.1. The number of nitrogens with one attached hydrogen (secondary N) is 1. The zero-order chi connectivity index (χ0) is 14.4. The smallest absolute Gasteiger partial charge is 0.251 e. The van der Waals surface area contributed by atoms with Crippen LogP contribution in [-0.2, 0) is 13.2 Å². The van der Waals surface area contributed by atoms with E-state index < -0.39 is 5.82 Å². The van der Waals surface area contributed by atoms with E-state index in [0.717, 1.165) is 6.54 Å². The molecule has 2 rings (SSSR count). The molecule has 106 valence electrons. The molecule has 0 bridgehead atoms. The molecule has 0 unspecified atom stereocenters. The highest BCUT2D eigenvalue weighted by molar-refractivity contribution is 5.24. The number of ether oxygens (including phenoxy) is 1. The van der Waals surface area contributed by atoms with Crippen LogP contribution < -0.4 is 10.1 Å². The summed E-state index contributed by atoms with van der Waals surface area (Å²) in [6, 6.07) is 7.82. The van der Waals surface area contributed by atoms with Crippen molar-refractivity contribution in [2.45, 2.75) is 20.1 Å². The van der Waals surface area contributed by atoms with Crippen molar-refractivity contribution in [2.24, 2.45) is 0 Å². The van der Waals surface area contributed by atoms with Crippen LogP contribution in [0.5, 0.6) is 5.88 Å². The topological polar surface area (TPSA) is 34.2 Å². The Morgan fingerprint density at radius 1 is 1.15 bits per heavy atom. The second-order valence-electron chi connectivity index (χ2n) is 4.25. The summed E-state index contributed by atoms with van der Waals surface area (Å²) in [6.07, 6.45) is 1.48. The Hall–Kier alpha value is -2.01. The van der Waals surface area contributed by atoms with Crippen molar-refractivity contribution < 1.29 is 13.5 Å². The highest BCUT2D eigenvalue weighted by atomic mass is 19.1. The zero-order valence-electron chi connectivity index (χ0n) is 11.2. The Morgan fingerprint density at radius 2 is 1.95 bits per heavy atom. The zero-order valence-corrected chi connectivity index (χ0v) is 11.2. The number of aromatic nitrogens is 1. The van der Waals surface area contributed by atoms with Gasteiger partial charge in [0.05, 0.1) is 0 Å². The molecule has 1 aromatic carbocycles. The van der Waals surface area contributed by atoms with Gasteiger partial charge in [-0.2, -0.15) is 0 Å². The molecule has 3 nitrogen and oxygen atoms in total. The molecule has 5 heteroatoms. The first-order valence-electron chi connectivity index (χ1n) is 6.42. The van der Waals surface area contributed by atoms with Gasteiger partial charge in [0.1, 0.15) is 12.4 Å². The lowest BCUT2D eigenvalue weighted by Gasteiger charge is -2.10. The molecule has 1 aromatic heterocycles. The third-order valence-corrected chi connectivity index (χ3v) is 2.82. The van der Waals surface area contributed by atoms with E-state index in [9.17, 15) is 8.78 Å². The van der Waals surface area contributed by atoms with Crippen molar-refractivity contribution in [3.8, 4) is 5.88 Å². The minimum atomic E-state index is -0.509. The van der Waals surface area contributed by atoms with E-state index in [4.69, 9.17) is 4.74 Å². The lowest BCUT2D eigenvalue weighted by Crippen LogP contribution is -2.14. The maximum Gasteiger partial charge on any atom is 0.251 e. The second kappa shape index (κ2) is 6.96. The van der Waals surface area contributed by atoms with Crippen molar-refractivity contribution in [3.05, 3.63) is 59.3 Å². The largest absolute Gasteiger partial charge is 0.471 e. The summed E-state index contributed by atoms with van der Waals surface area (Å²) < 4.78 is 32.8. The van der Waals surface area contributed by atoms with Crippen LogP contribution in [-0.4, -0.2) is 11.5 Å². The summed E-state index contributed by atoms with van der Waals surface area (Å²) in [5.74, 6) is -0.995. The Labute approximate surface area is 116 Å². The van der Waals surface area contributed by atoms with Gasteiger partial charge < -0.3 is 10.1 Å². The molecule has 0 amide bonds. The van der Waals surface area contributed by atoms with Gasteiger partial charge in [-0.05, 0) is 18.7 Å². The molecule has 20 heavy (non-hydrogen) atoms. The fourth-order valence-electron chi connectivity index (χ4n) is 1.72. The van der Waals surface area contributed by atoms with E-state index in [0.29, 0.717) is 17.7 Å². The monoisotopic (exact) mass is 278 g/mol. The molecule has 1 N–H and O–H groups in total. The van der Waals surface area contributed by atoms with Crippen molar-refractivity contribution in [1.29, 1.82) is 0 Å². The van der Waals surface area contributed by atoms with Crippen molar-refractivity contribution in [2.75, 3.05) is 6.54 Å². The minimum Gasteiger partial charge on any atom is -0.471 e. The number of nitrogens with zero attached hydrogens (tertiary/aromatic N) is 1. The number of hydrogen-bond acceptors (Lipinski definition) is 3. The van der Waals surface area contributed by atoms with Gasteiger partial charge in [-0.1, -0.05) is 25.1 Å². The van der Waals surface area contributed by atoms with Crippen LogP contribution >= 0.6 is 0 Å². The fraction of sp³-hybridized carbons (Fsp3) is 0.267. The van der Waals surface area contributed by atoms with E-state index in [2.05, 4.69) is 10.3 Å². The van der Waals surface area contributed by atoms with Crippen molar-refractivity contribution in [3.63, 3.8) is 0 Å². The van der Waals surface area contributed by atoms with Crippen LogP contribution in [0.3, 0.4) is 0 Å². The Morgan fingerprint density at radius 3 is 2.70 bits per heavy atom. The van der Waals surface area contributed by atoms with Gasteiger partial charge in [-0.25, -0.2) is 13.8 Å². The van der Waals surface area contributed by atoms with Gasteiger partial charge in [0.25, 0.3) is 5.88 Å². The first kappa shape index (κ1) is 14.4. The van der Waals surface area contributed by atoms with Gasteiger partial charge >= 0.3 is 0 Å². The quantitative estimate of drug-likeness (QED) is 0.882. The van der Waals surface area contributed by atoms with E-state index in [1.807, 2.05) is 6.92 Å². The van der Waals surface area contributed by atoms with Crippen LogP contribution in [0.4, 0.5) is 8.78 Å². The number of hydrogen-bond donors (Lipinski definition) is 1. The van der Waals surface area contributed by atoms with E-state index in [1.165, 1.54) is 12.3 Å². The summed E-state index contributed by atoms with van der Waals surface area (Å²) in [5.41, 5.74) is 0.844. The van der Waals surface area contributed by atoms with Gasteiger partial charge in [-0.15, -0.1) is 0 Å². The van der Waals surface area contributed by atoms with Crippen molar-refractivity contribution >= 4 is 0 Å². The number of pyridine rings is 1. The number of halogens is 2. The third-order valence-electron chi connectivity index (χ3n) is 2.82. The standard InChI is InChI=1S/C15H16F2N2O/c1-2-18-9-11-7-8-19-15(14(11)17)20-10-12-5-3-4-6-13(12)16/h3-8,18H,2,9-10H2,1H3. The van der Waals surface area contributed by atoms with Gasteiger partial charge in [0, 0.05) is 23.9 Å². The molecule has 2 aromatic rings. The summed E-state index contributed by atoms with van der Waals surface area (Å²) in [5, 5.41) is 3.03. The molecule has 0 saturated heterocycles. The summed E-state index contributed by atoms with van der Waals surface area (Å²) >= 11 is 0. The number of benzene rings is 1. The predicted octanol–water partition coefficient (Wildman–Crippen LogP) is 3.05. The van der Waals surface area contributed by atoms with E-state index in [1.54, 1.807) is 24.3 Å².